The molecule has 2 rings (SSSR count). The average Bonchev–Trinajstić information content (AvgIpc) is 2.88. The Balaban J connectivity index is 2.36. The van der Waals surface area contributed by atoms with Crippen molar-refractivity contribution in [1.29, 1.82) is 0 Å². The molecular formula is C13H18FNO4S2. The molecular weight excluding hydrogens is 317 g/mol. The highest BCUT2D eigenvalue weighted by Gasteiger charge is 2.36. The van der Waals surface area contributed by atoms with Gasteiger partial charge in [0.05, 0.1) is 9.79 Å². The number of nitrogens with zero attached hydrogens (tertiary/aromatic N) is 1. The number of sulfonamides is 1. The number of halogens is 1. The van der Waals surface area contributed by atoms with Crippen LogP contribution in [0.4, 0.5) is 3.89 Å². The van der Waals surface area contributed by atoms with Gasteiger partial charge in [-0.05, 0) is 43.0 Å². The molecule has 1 saturated heterocycles. The quantitative estimate of drug-likeness (QED) is 0.791. The van der Waals surface area contributed by atoms with Gasteiger partial charge in [0.25, 0.3) is 0 Å². The first-order valence-electron chi connectivity index (χ1n) is 6.70. The van der Waals surface area contributed by atoms with Crippen LogP contribution in [0.2, 0.25) is 0 Å². The Bertz CT molecular complexity index is 711. The standard InChI is InChI=1S/C13H18FNO4S2/c1-10(2)13-4-3-9-15(13)21(18,19)12-7-5-11(6-8-12)20(14,16)17/h5-8,10,13H,3-4,9H2,1-2H3. The minimum Gasteiger partial charge on any atom is -0.207 e. The third-order valence-electron chi connectivity index (χ3n) is 3.73. The lowest BCUT2D eigenvalue weighted by atomic mass is 10.0. The van der Waals surface area contributed by atoms with Crippen molar-refractivity contribution in [2.75, 3.05) is 6.54 Å². The smallest absolute Gasteiger partial charge is 0.207 e. The van der Waals surface area contributed by atoms with Crippen LogP contribution in [0.1, 0.15) is 26.7 Å². The topological polar surface area (TPSA) is 71.5 Å². The van der Waals surface area contributed by atoms with Crippen LogP contribution in [0.15, 0.2) is 34.1 Å². The summed E-state index contributed by atoms with van der Waals surface area (Å²) in [7, 11) is -8.50. The Labute approximate surface area is 125 Å². The summed E-state index contributed by atoms with van der Waals surface area (Å²) in [5, 5.41) is 0. The predicted molar refractivity (Wildman–Crippen MR) is 76.5 cm³/mol. The molecule has 1 heterocycles. The van der Waals surface area contributed by atoms with Gasteiger partial charge < -0.3 is 0 Å². The second-order valence-corrected chi connectivity index (χ2v) is 8.72. The van der Waals surface area contributed by atoms with Crippen molar-refractivity contribution >= 4 is 20.2 Å². The van der Waals surface area contributed by atoms with Crippen LogP contribution in [-0.4, -0.2) is 33.7 Å². The molecule has 0 radical (unpaired) electrons. The van der Waals surface area contributed by atoms with Crippen molar-refractivity contribution in [1.82, 2.24) is 4.31 Å². The summed E-state index contributed by atoms with van der Waals surface area (Å²) < 4.78 is 61.0. The zero-order chi connectivity index (χ0) is 15.8. The fourth-order valence-electron chi connectivity index (χ4n) is 2.64. The molecule has 1 aliphatic heterocycles. The molecule has 0 saturated carbocycles. The molecule has 1 aliphatic rings. The lowest BCUT2D eigenvalue weighted by Crippen LogP contribution is -2.38. The van der Waals surface area contributed by atoms with E-state index in [4.69, 9.17) is 0 Å². The SMILES string of the molecule is CC(C)C1CCCN1S(=O)(=O)c1ccc(S(=O)(=O)F)cc1. The van der Waals surface area contributed by atoms with Gasteiger partial charge in [0, 0.05) is 12.6 Å². The highest BCUT2D eigenvalue weighted by atomic mass is 32.3. The first-order valence-corrected chi connectivity index (χ1v) is 9.53. The minimum absolute atomic E-state index is 0.0116. The average molecular weight is 335 g/mol. The van der Waals surface area contributed by atoms with Crippen molar-refractivity contribution in [2.45, 2.75) is 42.5 Å². The van der Waals surface area contributed by atoms with E-state index in [-0.39, 0.29) is 16.9 Å². The molecule has 118 valence electrons. The van der Waals surface area contributed by atoms with E-state index in [1.165, 1.54) is 4.31 Å². The first kappa shape index (κ1) is 16.4. The van der Waals surface area contributed by atoms with E-state index in [2.05, 4.69) is 0 Å². The molecule has 1 unspecified atom stereocenters. The minimum atomic E-state index is -4.82. The molecule has 0 aliphatic carbocycles. The summed E-state index contributed by atoms with van der Waals surface area (Å²) in [6.45, 7) is 4.39. The van der Waals surface area contributed by atoms with Crippen LogP contribution in [0.3, 0.4) is 0 Å². The molecule has 0 spiro atoms. The van der Waals surface area contributed by atoms with Crippen LogP contribution >= 0.6 is 0 Å². The van der Waals surface area contributed by atoms with Crippen LogP contribution in [-0.2, 0) is 20.2 Å². The third kappa shape index (κ3) is 3.27. The Morgan fingerprint density at radius 2 is 1.62 bits per heavy atom. The molecule has 21 heavy (non-hydrogen) atoms. The Hall–Kier alpha value is -0.990. The summed E-state index contributed by atoms with van der Waals surface area (Å²) in [6, 6.07) is 4.17. The fraction of sp³-hybridized carbons (Fsp3) is 0.538. The van der Waals surface area contributed by atoms with Gasteiger partial charge in [0.2, 0.25) is 10.0 Å². The van der Waals surface area contributed by atoms with Crippen molar-refractivity contribution in [2.24, 2.45) is 5.92 Å². The summed E-state index contributed by atoms with van der Waals surface area (Å²) in [5.41, 5.74) is 0. The van der Waals surface area contributed by atoms with Gasteiger partial charge in [-0.15, -0.1) is 3.89 Å². The summed E-state index contributed by atoms with van der Waals surface area (Å²) in [4.78, 5) is -0.550. The van der Waals surface area contributed by atoms with Gasteiger partial charge in [-0.3, -0.25) is 0 Å². The van der Waals surface area contributed by atoms with Gasteiger partial charge >= 0.3 is 10.2 Å². The molecule has 8 heteroatoms. The predicted octanol–water partition coefficient (Wildman–Crippen LogP) is 2.15. The van der Waals surface area contributed by atoms with Crippen molar-refractivity contribution in [3.8, 4) is 0 Å². The monoisotopic (exact) mass is 335 g/mol. The van der Waals surface area contributed by atoms with Crippen LogP contribution in [0.5, 0.6) is 0 Å². The van der Waals surface area contributed by atoms with Gasteiger partial charge in [-0.2, -0.15) is 12.7 Å². The van der Waals surface area contributed by atoms with Gasteiger partial charge in [0.1, 0.15) is 0 Å². The van der Waals surface area contributed by atoms with Crippen LogP contribution in [0.25, 0.3) is 0 Å². The largest absolute Gasteiger partial charge is 0.332 e. The maximum absolute atomic E-state index is 12.8. The molecule has 1 fully saturated rings. The third-order valence-corrected chi connectivity index (χ3v) is 6.50. The zero-order valence-electron chi connectivity index (χ0n) is 11.9. The van der Waals surface area contributed by atoms with Crippen molar-refractivity contribution in [3.05, 3.63) is 24.3 Å². The van der Waals surface area contributed by atoms with E-state index in [1.807, 2.05) is 13.8 Å². The number of rotatable bonds is 4. The summed E-state index contributed by atoms with van der Waals surface area (Å²) in [6.07, 6.45) is 1.62. The van der Waals surface area contributed by atoms with Crippen molar-refractivity contribution < 1.29 is 20.7 Å². The summed E-state index contributed by atoms with van der Waals surface area (Å²) in [5.74, 6) is 0.202. The lowest BCUT2D eigenvalue weighted by Gasteiger charge is -2.26. The molecule has 0 N–H and O–H groups in total. The van der Waals surface area contributed by atoms with E-state index in [0.717, 1.165) is 37.1 Å². The molecule has 0 aromatic heterocycles. The van der Waals surface area contributed by atoms with E-state index < -0.39 is 25.1 Å². The highest BCUT2D eigenvalue weighted by Crippen LogP contribution is 2.30. The van der Waals surface area contributed by atoms with E-state index in [1.54, 1.807) is 0 Å². The van der Waals surface area contributed by atoms with Crippen molar-refractivity contribution in [3.63, 3.8) is 0 Å². The molecule has 1 aromatic rings. The number of hydrogen-bond donors (Lipinski definition) is 0. The second-order valence-electron chi connectivity index (χ2n) is 5.48. The number of benzene rings is 1. The molecule has 5 nitrogen and oxygen atoms in total. The van der Waals surface area contributed by atoms with Crippen LogP contribution in [0, 0.1) is 5.92 Å². The molecule has 1 aromatic carbocycles. The van der Waals surface area contributed by atoms with E-state index in [0.29, 0.717) is 6.54 Å². The fourth-order valence-corrected chi connectivity index (χ4v) is 4.93. The zero-order valence-corrected chi connectivity index (χ0v) is 13.5. The lowest BCUT2D eigenvalue weighted by molar-refractivity contribution is 0.316. The summed E-state index contributed by atoms with van der Waals surface area (Å²) >= 11 is 0. The molecule has 0 bridgehead atoms. The first-order chi connectivity index (χ1) is 9.64. The van der Waals surface area contributed by atoms with Crippen LogP contribution < -0.4 is 0 Å². The van der Waals surface area contributed by atoms with Gasteiger partial charge in [-0.25, -0.2) is 8.42 Å². The maximum atomic E-state index is 12.8. The van der Waals surface area contributed by atoms with Gasteiger partial charge in [-0.1, -0.05) is 13.8 Å². The Morgan fingerprint density at radius 3 is 2.10 bits per heavy atom. The normalized spacial score (nSPS) is 21.0. The molecule has 0 amide bonds. The maximum Gasteiger partial charge on any atom is 0.332 e. The Kier molecular flexibility index (Phi) is 4.41. The highest BCUT2D eigenvalue weighted by molar-refractivity contribution is 7.89. The second kappa shape index (κ2) is 5.66. The van der Waals surface area contributed by atoms with E-state index >= 15 is 0 Å². The van der Waals surface area contributed by atoms with E-state index in [9.17, 15) is 20.7 Å². The molecule has 1 atom stereocenters. The van der Waals surface area contributed by atoms with Gasteiger partial charge in [0.15, 0.2) is 0 Å². The Morgan fingerprint density at radius 1 is 1.10 bits per heavy atom. The number of hydrogen-bond acceptors (Lipinski definition) is 4.